The molecule has 0 aromatic carbocycles. The molecule has 18 heavy (non-hydrogen) atoms. The van der Waals surface area contributed by atoms with Gasteiger partial charge in [0.1, 0.15) is 11.6 Å². The second kappa shape index (κ2) is 5.82. The van der Waals surface area contributed by atoms with Gasteiger partial charge in [0, 0.05) is 23.4 Å². The third-order valence-corrected chi connectivity index (χ3v) is 3.50. The summed E-state index contributed by atoms with van der Waals surface area (Å²) in [6.45, 7) is 4.80. The van der Waals surface area contributed by atoms with E-state index in [1.807, 2.05) is 19.9 Å². The Kier molecular flexibility index (Phi) is 4.15. The van der Waals surface area contributed by atoms with E-state index in [1.165, 1.54) is 10.9 Å². The molecule has 96 valence electrons. The molecule has 4 nitrogen and oxygen atoms in total. The van der Waals surface area contributed by atoms with Gasteiger partial charge in [0.25, 0.3) is 5.56 Å². The maximum Gasteiger partial charge on any atom is 0.252 e. The molecule has 2 rings (SSSR count). The lowest BCUT2D eigenvalue weighted by atomic mass is 10.2. The van der Waals surface area contributed by atoms with E-state index in [4.69, 9.17) is 0 Å². The van der Waals surface area contributed by atoms with Gasteiger partial charge in [-0.3, -0.25) is 4.79 Å². The molecular weight excluding hydrogens is 246 g/mol. The minimum Gasteiger partial charge on any atom is -0.369 e. The van der Waals surface area contributed by atoms with Crippen LogP contribution in [-0.2, 0) is 6.42 Å². The molecule has 0 atom stereocenters. The van der Waals surface area contributed by atoms with E-state index in [0.29, 0.717) is 5.82 Å². The minimum atomic E-state index is -0.104. The van der Waals surface area contributed by atoms with Gasteiger partial charge in [0.15, 0.2) is 0 Å². The summed E-state index contributed by atoms with van der Waals surface area (Å²) in [6, 6.07) is 5.65. The van der Waals surface area contributed by atoms with Crippen LogP contribution in [0.25, 0.3) is 0 Å². The number of H-pyrrole nitrogens is 1. The summed E-state index contributed by atoms with van der Waals surface area (Å²) in [5.74, 6) is 1.59. The Balaban J connectivity index is 1.98. The maximum absolute atomic E-state index is 11.5. The van der Waals surface area contributed by atoms with Gasteiger partial charge in [0.05, 0.1) is 0 Å². The molecule has 2 aromatic rings. The van der Waals surface area contributed by atoms with Gasteiger partial charge < -0.3 is 10.3 Å². The summed E-state index contributed by atoms with van der Waals surface area (Å²) >= 11 is 1.74. The summed E-state index contributed by atoms with van der Waals surface area (Å²) in [5.41, 5.74) is -0.104. The number of aromatic amines is 1. The summed E-state index contributed by atoms with van der Waals surface area (Å²) in [5, 5.41) is 5.26. The topological polar surface area (TPSA) is 57.8 Å². The Labute approximate surface area is 110 Å². The molecule has 0 aliphatic rings. The highest BCUT2D eigenvalue weighted by Crippen LogP contribution is 2.11. The van der Waals surface area contributed by atoms with Crippen LogP contribution in [0.5, 0.6) is 0 Å². The fraction of sp³-hybridized carbons (Fsp3) is 0.385. The first-order valence-electron chi connectivity index (χ1n) is 6.02. The summed E-state index contributed by atoms with van der Waals surface area (Å²) in [7, 11) is 0. The van der Waals surface area contributed by atoms with Crippen LogP contribution in [-0.4, -0.2) is 16.5 Å². The van der Waals surface area contributed by atoms with Gasteiger partial charge in [-0.05, 0) is 17.9 Å². The summed E-state index contributed by atoms with van der Waals surface area (Å²) in [4.78, 5) is 19.9. The zero-order valence-corrected chi connectivity index (χ0v) is 11.4. The molecule has 0 aliphatic heterocycles. The number of nitrogens with one attached hydrogen (secondary N) is 2. The average Bonchev–Trinajstić information content (AvgIpc) is 2.81. The number of nitrogens with zero attached hydrogens (tertiary/aromatic N) is 1. The number of anilines is 1. The predicted molar refractivity (Wildman–Crippen MR) is 75.5 cm³/mol. The van der Waals surface area contributed by atoms with Crippen LogP contribution in [0.1, 0.15) is 30.5 Å². The minimum absolute atomic E-state index is 0.104. The third-order valence-electron chi connectivity index (χ3n) is 2.56. The smallest absolute Gasteiger partial charge is 0.252 e. The Morgan fingerprint density at radius 1 is 1.50 bits per heavy atom. The van der Waals surface area contributed by atoms with Crippen molar-refractivity contribution >= 4 is 17.2 Å². The zero-order chi connectivity index (χ0) is 13.0. The van der Waals surface area contributed by atoms with Crippen molar-refractivity contribution in [2.24, 2.45) is 0 Å². The molecule has 0 aliphatic carbocycles. The van der Waals surface area contributed by atoms with Crippen LogP contribution >= 0.6 is 11.3 Å². The van der Waals surface area contributed by atoms with E-state index >= 15 is 0 Å². The number of rotatable bonds is 5. The Hall–Kier alpha value is -1.62. The molecule has 2 heterocycles. The number of hydrogen-bond acceptors (Lipinski definition) is 4. The first-order valence-corrected chi connectivity index (χ1v) is 6.90. The van der Waals surface area contributed by atoms with Crippen LogP contribution in [0.15, 0.2) is 28.4 Å². The van der Waals surface area contributed by atoms with E-state index in [9.17, 15) is 4.79 Å². The molecule has 0 fully saturated rings. The number of thiophene rings is 1. The first kappa shape index (κ1) is 12.8. The van der Waals surface area contributed by atoms with E-state index in [1.54, 1.807) is 11.3 Å². The molecule has 0 amide bonds. The van der Waals surface area contributed by atoms with Crippen LogP contribution in [0, 0.1) is 0 Å². The second-order valence-electron chi connectivity index (χ2n) is 4.43. The summed E-state index contributed by atoms with van der Waals surface area (Å²) in [6.07, 6.45) is 0.948. The number of hydrogen-bond donors (Lipinski definition) is 2. The highest BCUT2D eigenvalue weighted by molar-refractivity contribution is 7.09. The van der Waals surface area contributed by atoms with Crippen molar-refractivity contribution in [3.63, 3.8) is 0 Å². The van der Waals surface area contributed by atoms with E-state index in [2.05, 4.69) is 26.7 Å². The quantitative estimate of drug-likeness (QED) is 0.871. The molecule has 5 heteroatoms. The van der Waals surface area contributed by atoms with Gasteiger partial charge in [-0.15, -0.1) is 11.3 Å². The van der Waals surface area contributed by atoms with Crippen molar-refractivity contribution in [1.29, 1.82) is 0 Å². The van der Waals surface area contributed by atoms with Crippen molar-refractivity contribution < 1.29 is 0 Å². The molecule has 0 unspecified atom stereocenters. The molecule has 0 radical (unpaired) electrons. The van der Waals surface area contributed by atoms with Crippen molar-refractivity contribution in [1.82, 2.24) is 9.97 Å². The van der Waals surface area contributed by atoms with Gasteiger partial charge in [-0.2, -0.15) is 0 Å². The lowest BCUT2D eigenvalue weighted by Gasteiger charge is -2.08. The largest absolute Gasteiger partial charge is 0.369 e. The molecule has 0 bridgehead atoms. The highest BCUT2D eigenvalue weighted by atomic mass is 32.1. The van der Waals surface area contributed by atoms with E-state index in [0.717, 1.165) is 18.8 Å². The average molecular weight is 263 g/mol. The monoisotopic (exact) mass is 263 g/mol. The lowest BCUT2D eigenvalue weighted by Crippen LogP contribution is -2.15. The second-order valence-corrected chi connectivity index (χ2v) is 5.46. The predicted octanol–water partition coefficient (Wildman–Crippen LogP) is 2.61. The van der Waals surface area contributed by atoms with Crippen molar-refractivity contribution in [2.75, 3.05) is 11.9 Å². The van der Waals surface area contributed by atoms with Gasteiger partial charge in [-0.1, -0.05) is 19.9 Å². The van der Waals surface area contributed by atoms with Gasteiger partial charge in [-0.25, -0.2) is 4.98 Å². The summed E-state index contributed by atoms with van der Waals surface area (Å²) < 4.78 is 0. The van der Waals surface area contributed by atoms with Crippen LogP contribution in [0.4, 0.5) is 5.82 Å². The van der Waals surface area contributed by atoms with Gasteiger partial charge in [0.2, 0.25) is 0 Å². The first-order chi connectivity index (χ1) is 8.65. The Bertz CT molecular complexity index is 546. The lowest BCUT2D eigenvalue weighted by molar-refractivity contribution is 0.766. The maximum atomic E-state index is 11.5. The molecule has 2 N–H and O–H groups in total. The standard InChI is InChI=1S/C13H17N3OS/c1-9(2)13-15-11(8-12(17)16-13)14-6-5-10-4-3-7-18-10/h3-4,7-9H,5-6H2,1-2H3,(H2,14,15,16,17). The van der Waals surface area contributed by atoms with Crippen LogP contribution in [0.2, 0.25) is 0 Å². The van der Waals surface area contributed by atoms with Crippen LogP contribution < -0.4 is 10.9 Å². The number of aromatic nitrogens is 2. The third kappa shape index (κ3) is 3.43. The fourth-order valence-corrected chi connectivity index (χ4v) is 2.32. The van der Waals surface area contributed by atoms with Crippen molar-refractivity contribution in [3.8, 4) is 0 Å². The van der Waals surface area contributed by atoms with E-state index in [-0.39, 0.29) is 11.5 Å². The molecule has 0 saturated carbocycles. The Morgan fingerprint density at radius 3 is 3.00 bits per heavy atom. The highest BCUT2D eigenvalue weighted by Gasteiger charge is 2.04. The zero-order valence-electron chi connectivity index (χ0n) is 10.6. The molecule has 0 spiro atoms. The van der Waals surface area contributed by atoms with Gasteiger partial charge >= 0.3 is 0 Å². The Morgan fingerprint density at radius 2 is 2.33 bits per heavy atom. The fourth-order valence-electron chi connectivity index (χ4n) is 1.61. The molecule has 2 aromatic heterocycles. The molecular formula is C13H17N3OS. The SMILES string of the molecule is CC(C)c1nc(NCCc2cccs2)cc(=O)[nH]1. The van der Waals surface area contributed by atoms with Crippen LogP contribution in [0.3, 0.4) is 0 Å². The van der Waals surface area contributed by atoms with Crippen molar-refractivity contribution in [2.45, 2.75) is 26.2 Å². The van der Waals surface area contributed by atoms with E-state index < -0.39 is 0 Å². The van der Waals surface area contributed by atoms with Crippen molar-refractivity contribution in [3.05, 3.63) is 44.6 Å². The normalized spacial score (nSPS) is 10.8. The molecule has 0 saturated heterocycles.